The lowest BCUT2D eigenvalue weighted by Gasteiger charge is -2.55. The molecule has 0 spiro atoms. The molecule has 1 aliphatic heterocycles. The van der Waals surface area contributed by atoms with Gasteiger partial charge in [0.15, 0.2) is 11.2 Å². The summed E-state index contributed by atoms with van der Waals surface area (Å²) < 4.78 is 117. The quantitative estimate of drug-likeness (QED) is 0.444. The molecule has 26 heavy (non-hydrogen) atoms. The summed E-state index contributed by atoms with van der Waals surface area (Å²) >= 11 is 0. The average Bonchev–Trinajstić information content (AvgIpc) is 2.42. The average molecular weight is 400 g/mol. The number of esters is 1. The molecule has 0 aromatic heterocycles. The molecule has 0 saturated carbocycles. The third-order valence-electron chi connectivity index (χ3n) is 4.19. The number of ether oxygens (including phenoxy) is 2. The van der Waals surface area contributed by atoms with Gasteiger partial charge in [0.2, 0.25) is 0 Å². The Bertz CT molecular complexity index is 599. The molecule has 1 aliphatic rings. The standard InChI is InChI=1S/C14H16F8O4/c1-5-10(13(17,18)19)6-9(4,25-8(23)7(2)3)11(15,16)12(24,26-10)14(20,21)22/h24H,2,5-6H2,1,3-4H3. The molecule has 0 amide bonds. The van der Waals surface area contributed by atoms with E-state index >= 15 is 0 Å². The zero-order chi connectivity index (χ0) is 21.0. The van der Waals surface area contributed by atoms with Crippen LogP contribution in [0.25, 0.3) is 0 Å². The van der Waals surface area contributed by atoms with Crippen LogP contribution < -0.4 is 0 Å². The van der Waals surface area contributed by atoms with E-state index < -0.39 is 59.6 Å². The molecule has 0 aromatic rings. The molecular weight excluding hydrogens is 384 g/mol. The van der Waals surface area contributed by atoms with E-state index in [0.717, 1.165) is 13.8 Å². The van der Waals surface area contributed by atoms with Crippen molar-refractivity contribution in [2.45, 2.75) is 68.9 Å². The van der Waals surface area contributed by atoms with E-state index in [4.69, 9.17) is 0 Å². The van der Waals surface area contributed by atoms with Gasteiger partial charge < -0.3 is 14.6 Å². The first-order chi connectivity index (χ1) is 11.3. The summed E-state index contributed by atoms with van der Waals surface area (Å²) in [7, 11) is 0. The summed E-state index contributed by atoms with van der Waals surface area (Å²) in [5, 5.41) is 9.54. The second-order valence-electron chi connectivity index (χ2n) is 6.24. The monoisotopic (exact) mass is 400 g/mol. The lowest BCUT2D eigenvalue weighted by atomic mass is 9.74. The molecule has 0 aliphatic carbocycles. The molecule has 1 rings (SSSR count). The molecule has 1 heterocycles. The van der Waals surface area contributed by atoms with E-state index in [9.17, 15) is 45.0 Å². The van der Waals surface area contributed by atoms with Gasteiger partial charge in [0, 0.05) is 12.0 Å². The summed E-state index contributed by atoms with van der Waals surface area (Å²) in [5.41, 5.74) is -8.08. The van der Waals surface area contributed by atoms with Crippen LogP contribution in [-0.2, 0) is 14.3 Å². The predicted molar refractivity (Wildman–Crippen MR) is 70.0 cm³/mol. The molecule has 3 unspecified atom stereocenters. The van der Waals surface area contributed by atoms with E-state index in [1.54, 1.807) is 0 Å². The van der Waals surface area contributed by atoms with Gasteiger partial charge in [-0.15, -0.1) is 0 Å². The highest BCUT2D eigenvalue weighted by atomic mass is 19.4. The fourth-order valence-corrected chi connectivity index (χ4v) is 2.58. The number of hydrogen-bond acceptors (Lipinski definition) is 4. The third-order valence-corrected chi connectivity index (χ3v) is 4.19. The topological polar surface area (TPSA) is 55.8 Å². The summed E-state index contributed by atoms with van der Waals surface area (Å²) in [6.07, 6.45) is -15.1. The number of halogens is 8. The van der Waals surface area contributed by atoms with Gasteiger partial charge in [-0.25, -0.2) is 4.79 Å². The van der Waals surface area contributed by atoms with Gasteiger partial charge in [-0.2, -0.15) is 35.1 Å². The van der Waals surface area contributed by atoms with Crippen LogP contribution in [0.1, 0.15) is 33.6 Å². The smallest absolute Gasteiger partial charge is 0.449 e. The predicted octanol–water partition coefficient (Wildman–Crippen LogP) is 3.88. The van der Waals surface area contributed by atoms with Crippen LogP contribution in [0.4, 0.5) is 35.1 Å². The molecule has 3 atom stereocenters. The summed E-state index contributed by atoms with van der Waals surface area (Å²) in [6.45, 7) is 4.89. The zero-order valence-electron chi connectivity index (χ0n) is 13.8. The Morgan fingerprint density at radius 2 is 1.65 bits per heavy atom. The van der Waals surface area contributed by atoms with E-state index in [1.165, 1.54) is 0 Å². The number of rotatable bonds is 3. The Labute approximate surface area is 142 Å². The number of aliphatic hydroxyl groups is 1. The number of carbonyl (C=O) groups is 1. The Kier molecular flexibility index (Phi) is 5.26. The van der Waals surface area contributed by atoms with Gasteiger partial charge >= 0.3 is 30.0 Å². The maximum atomic E-state index is 14.5. The molecule has 0 bridgehead atoms. The van der Waals surface area contributed by atoms with Crippen molar-refractivity contribution < 1.29 is 54.5 Å². The minimum atomic E-state index is -6.33. The van der Waals surface area contributed by atoms with Crippen LogP contribution in [0.5, 0.6) is 0 Å². The lowest BCUT2D eigenvalue weighted by Crippen LogP contribution is -2.78. The molecule has 1 fully saturated rings. The minimum absolute atomic E-state index is 0.170. The van der Waals surface area contributed by atoms with Crippen molar-refractivity contribution >= 4 is 5.97 Å². The molecule has 4 nitrogen and oxygen atoms in total. The van der Waals surface area contributed by atoms with Crippen molar-refractivity contribution in [1.29, 1.82) is 0 Å². The maximum absolute atomic E-state index is 14.5. The summed E-state index contributed by atoms with van der Waals surface area (Å²) in [4.78, 5) is 11.6. The van der Waals surface area contributed by atoms with E-state index in [-0.39, 0.29) is 6.92 Å². The second-order valence-corrected chi connectivity index (χ2v) is 6.24. The van der Waals surface area contributed by atoms with Crippen molar-refractivity contribution in [3.8, 4) is 0 Å². The van der Waals surface area contributed by atoms with Crippen LogP contribution in [0.15, 0.2) is 12.2 Å². The zero-order valence-corrected chi connectivity index (χ0v) is 13.8. The third kappa shape index (κ3) is 3.06. The molecule has 152 valence electrons. The van der Waals surface area contributed by atoms with E-state index in [0.29, 0.717) is 0 Å². The fourth-order valence-electron chi connectivity index (χ4n) is 2.58. The Hall–Kier alpha value is -1.43. The van der Waals surface area contributed by atoms with Gasteiger partial charge in [-0.3, -0.25) is 0 Å². The highest BCUT2D eigenvalue weighted by molar-refractivity contribution is 5.87. The molecule has 0 radical (unpaired) electrons. The summed E-state index contributed by atoms with van der Waals surface area (Å²) in [6, 6.07) is 0. The van der Waals surface area contributed by atoms with Crippen LogP contribution in [-0.4, -0.2) is 46.3 Å². The Balaban J connectivity index is 3.72. The first-order valence-corrected chi connectivity index (χ1v) is 7.13. The molecule has 1 N–H and O–H groups in total. The highest BCUT2D eigenvalue weighted by Gasteiger charge is 2.85. The van der Waals surface area contributed by atoms with Gasteiger partial charge in [0.25, 0.3) is 0 Å². The number of hydrogen-bond donors (Lipinski definition) is 1. The molecule has 1 saturated heterocycles. The van der Waals surface area contributed by atoms with Gasteiger partial charge in [0.1, 0.15) is 0 Å². The van der Waals surface area contributed by atoms with Crippen LogP contribution in [0.3, 0.4) is 0 Å². The molecule has 0 aromatic carbocycles. The molecule has 12 heteroatoms. The van der Waals surface area contributed by atoms with Crippen molar-refractivity contribution in [1.82, 2.24) is 0 Å². The van der Waals surface area contributed by atoms with Crippen LogP contribution in [0, 0.1) is 0 Å². The highest BCUT2D eigenvalue weighted by Crippen LogP contribution is 2.61. The fraction of sp³-hybridized carbons (Fsp3) is 0.786. The van der Waals surface area contributed by atoms with Crippen LogP contribution in [0.2, 0.25) is 0 Å². The van der Waals surface area contributed by atoms with Gasteiger partial charge in [-0.1, -0.05) is 13.5 Å². The van der Waals surface area contributed by atoms with Crippen molar-refractivity contribution in [3.63, 3.8) is 0 Å². The normalized spacial score (nSPS) is 35.1. The largest absolute Gasteiger partial charge is 0.449 e. The maximum Gasteiger partial charge on any atom is 0.449 e. The minimum Gasteiger partial charge on any atom is -0.449 e. The SMILES string of the molecule is C=C(C)C(=O)OC1(C)CC(CC)(C(F)(F)F)OC(O)(C(F)(F)F)C1(F)F. The lowest BCUT2D eigenvalue weighted by molar-refractivity contribution is -0.516. The number of carbonyl (C=O) groups excluding carboxylic acids is 1. The van der Waals surface area contributed by atoms with Crippen LogP contribution >= 0.6 is 0 Å². The first-order valence-electron chi connectivity index (χ1n) is 7.13. The van der Waals surface area contributed by atoms with E-state index in [1.807, 2.05) is 0 Å². The first kappa shape index (κ1) is 22.6. The van der Waals surface area contributed by atoms with Crippen molar-refractivity contribution in [3.05, 3.63) is 12.2 Å². The summed E-state index contributed by atoms with van der Waals surface area (Å²) in [5.74, 6) is -12.7. The molecular formula is C14H16F8O4. The van der Waals surface area contributed by atoms with E-state index in [2.05, 4.69) is 16.1 Å². The Morgan fingerprint density at radius 3 is 1.96 bits per heavy atom. The van der Waals surface area contributed by atoms with Crippen molar-refractivity contribution in [2.75, 3.05) is 0 Å². The number of alkyl halides is 8. The second kappa shape index (κ2) is 6.04. The van der Waals surface area contributed by atoms with Gasteiger partial charge in [0.05, 0.1) is 0 Å². The van der Waals surface area contributed by atoms with Crippen molar-refractivity contribution in [2.24, 2.45) is 0 Å². The van der Waals surface area contributed by atoms with Gasteiger partial charge in [-0.05, 0) is 20.3 Å². The Morgan fingerprint density at radius 1 is 1.19 bits per heavy atom.